The van der Waals surface area contributed by atoms with Gasteiger partial charge in [-0.1, -0.05) is 30.3 Å². The number of hydrogen-bond acceptors (Lipinski definition) is 5. The van der Waals surface area contributed by atoms with Gasteiger partial charge in [-0.05, 0) is 25.3 Å². The molecule has 0 aliphatic heterocycles. The van der Waals surface area contributed by atoms with E-state index >= 15 is 0 Å². The predicted molar refractivity (Wildman–Crippen MR) is 74.2 cm³/mol. The van der Waals surface area contributed by atoms with Gasteiger partial charge in [0.15, 0.2) is 6.10 Å². The molecular weight excluding hydrogens is 282 g/mol. The number of esters is 1. The number of ether oxygens (including phenoxy) is 1. The Morgan fingerprint density at radius 1 is 1.30 bits per heavy atom. The summed E-state index contributed by atoms with van der Waals surface area (Å²) >= 11 is 0. The Hall–Kier alpha value is -1.44. The normalized spacial score (nSPS) is 12.9. The van der Waals surface area contributed by atoms with E-state index in [0.29, 0.717) is 6.42 Å². The van der Waals surface area contributed by atoms with Gasteiger partial charge in [-0.3, -0.25) is 0 Å². The minimum atomic E-state index is -3.94. The Balaban J connectivity index is 2.70. The molecule has 0 fully saturated rings. The fourth-order valence-corrected chi connectivity index (χ4v) is 2.16. The van der Waals surface area contributed by atoms with Gasteiger partial charge in [0, 0.05) is 7.05 Å². The van der Waals surface area contributed by atoms with Crippen LogP contribution in [-0.2, 0) is 30.4 Å². The molecule has 0 bridgehead atoms. The van der Waals surface area contributed by atoms with Crippen LogP contribution in [-0.4, -0.2) is 34.1 Å². The summed E-state index contributed by atoms with van der Waals surface area (Å²) in [6.07, 6.45) is -0.402. The van der Waals surface area contributed by atoms with E-state index in [1.54, 1.807) is 6.92 Å². The largest absolute Gasteiger partial charge is 0.464 e. The molecule has 0 heterocycles. The second kappa shape index (κ2) is 7.98. The summed E-state index contributed by atoms with van der Waals surface area (Å²) in [6.45, 7) is 1.82. The molecule has 0 spiro atoms. The molecule has 0 aliphatic carbocycles. The third-order valence-electron chi connectivity index (χ3n) is 2.58. The summed E-state index contributed by atoms with van der Waals surface area (Å²) in [5.41, 5.74) is 0.993. The Kier molecular flexibility index (Phi) is 6.63. The Bertz CT molecular complexity index is 515. The highest BCUT2D eigenvalue weighted by molar-refractivity contribution is 7.84. The average Bonchev–Trinajstić information content (AvgIpc) is 2.44. The first-order valence-electron chi connectivity index (χ1n) is 6.31. The SMILES string of the molecule is CCOC(=O)[C@H](CCc1ccccc1)OS(=O)(=O)NC. The molecule has 6 nitrogen and oxygen atoms in total. The lowest BCUT2D eigenvalue weighted by Crippen LogP contribution is -2.34. The number of aryl methyl sites for hydroxylation is 1. The Morgan fingerprint density at radius 3 is 2.50 bits per heavy atom. The van der Waals surface area contributed by atoms with E-state index in [-0.39, 0.29) is 13.0 Å². The van der Waals surface area contributed by atoms with Gasteiger partial charge < -0.3 is 4.74 Å². The molecule has 0 aliphatic rings. The number of carbonyl (C=O) groups excluding carboxylic acids is 1. The Morgan fingerprint density at radius 2 is 1.95 bits per heavy atom. The van der Waals surface area contributed by atoms with Crippen molar-refractivity contribution in [2.75, 3.05) is 13.7 Å². The van der Waals surface area contributed by atoms with Gasteiger partial charge in [0.1, 0.15) is 0 Å². The van der Waals surface area contributed by atoms with Gasteiger partial charge >= 0.3 is 16.3 Å². The molecule has 20 heavy (non-hydrogen) atoms. The van der Waals surface area contributed by atoms with Crippen molar-refractivity contribution in [3.8, 4) is 0 Å². The van der Waals surface area contributed by atoms with E-state index in [9.17, 15) is 13.2 Å². The fourth-order valence-electron chi connectivity index (χ4n) is 1.58. The van der Waals surface area contributed by atoms with E-state index in [1.807, 2.05) is 35.1 Å². The first-order valence-corrected chi connectivity index (χ1v) is 7.71. The van der Waals surface area contributed by atoms with Gasteiger partial charge in [0.2, 0.25) is 0 Å². The number of hydrogen-bond donors (Lipinski definition) is 1. The van der Waals surface area contributed by atoms with Crippen LogP contribution in [0.15, 0.2) is 30.3 Å². The maximum absolute atomic E-state index is 11.7. The van der Waals surface area contributed by atoms with Crippen molar-refractivity contribution in [3.63, 3.8) is 0 Å². The van der Waals surface area contributed by atoms with Crippen molar-refractivity contribution < 1.29 is 22.1 Å². The van der Waals surface area contributed by atoms with Gasteiger partial charge in [0.05, 0.1) is 6.61 Å². The van der Waals surface area contributed by atoms with Gasteiger partial charge in [-0.25, -0.2) is 8.98 Å². The number of carbonyl (C=O) groups is 1. The van der Waals surface area contributed by atoms with Crippen molar-refractivity contribution in [1.82, 2.24) is 4.72 Å². The number of rotatable bonds is 8. The maximum Gasteiger partial charge on any atom is 0.336 e. The third-order valence-corrected chi connectivity index (χ3v) is 3.57. The summed E-state index contributed by atoms with van der Waals surface area (Å²) in [7, 11) is -2.72. The second-order valence-corrected chi connectivity index (χ2v) is 5.53. The highest BCUT2D eigenvalue weighted by Gasteiger charge is 2.26. The topological polar surface area (TPSA) is 81.7 Å². The van der Waals surface area contributed by atoms with E-state index < -0.39 is 22.4 Å². The third kappa shape index (κ3) is 5.68. The summed E-state index contributed by atoms with van der Waals surface area (Å²) in [4.78, 5) is 11.7. The van der Waals surface area contributed by atoms with Crippen molar-refractivity contribution in [2.24, 2.45) is 0 Å². The fraction of sp³-hybridized carbons (Fsp3) is 0.462. The minimum absolute atomic E-state index is 0.170. The zero-order valence-electron chi connectivity index (χ0n) is 11.5. The Labute approximate surface area is 119 Å². The quantitative estimate of drug-likeness (QED) is 0.725. The lowest BCUT2D eigenvalue weighted by atomic mass is 10.1. The van der Waals surface area contributed by atoms with Crippen molar-refractivity contribution in [1.29, 1.82) is 0 Å². The molecule has 1 aromatic carbocycles. The van der Waals surface area contributed by atoms with Crippen LogP contribution in [0.5, 0.6) is 0 Å². The van der Waals surface area contributed by atoms with Gasteiger partial charge in [-0.2, -0.15) is 13.1 Å². The molecule has 0 amide bonds. The first kappa shape index (κ1) is 16.6. The standard InChI is InChI=1S/C13H19NO5S/c1-3-18-13(15)12(19-20(16,17)14-2)10-9-11-7-5-4-6-8-11/h4-8,12,14H,3,9-10H2,1-2H3/t12-/m0/s1. The molecule has 1 N–H and O–H groups in total. The lowest BCUT2D eigenvalue weighted by Gasteiger charge is -2.15. The molecule has 1 rings (SSSR count). The zero-order valence-corrected chi connectivity index (χ0v) is 12.4. The van der Waals surface area contributed by atoms with Crippen LogP contribution in [0.2, 0.25) is 0 Å². The van der Waals surface area contributed by atoms with Crippen LogP contribution >= 0.6 is 0 Å². The average molecular weight is 301 g/mol. The van der Waals surface area contributed by atoms with Gasteiger partial charge in [0.25, 0.3) is 0 Å². The predicted octanol–water partition coefficient (Wildman–Crippen LogP) is 1.03. The highest BCUT2D eigenvalue weighted by Crippen LogP contribution is 2.11. The van der Waals surface area contributed by atoms with Crippen LogP contribution in [0.1, 0.15) is 18.9 Å². The lowest BCUT2D eigenvalue weighted by molar-refractivity contribution is -0.151. The molecule has 0 radical (unpaired) electrons. The van der Waals surface area contributed by atoms with Crippen LogP contribution < -0.4 is 4.72 Å². The van der Waals surface area contributed by atoms with Crippen molar-refractivity contribution in [2.45, 2.75) is 25.9 Å². The molecular formula is C13H19NO5S. The van der Waals surface area contributed by atoms with Crippen molar-refractivity contribution in [3.05, 3.63) is 35.9 Å². The van der Waals surface area contributed by atoms with Crippen LogP contribution in [0.4, 0.5) is 0 Å². The summed E-state index contributed by atoms with van der Waals surface area (Å²) in [5, 5.41) is 0. The minimum Gasteiger partial charge on any atom is -0.464 e. The molecule has 7 heteroatoms. The van der Waals surface area contributed by atoms with Gasteiger partial charge in [-0.15, -0.1) is 0 Å². The van der Waals surface area contributed by atoms with E-state index in [4.69, 9.17) is 8.92 Å². The zero-order chi connectivity index (χ0) is 15.0. The second-order valence-electron chi connectivity index (χ2n) is 4.02. The van der Waals surface area contributed by atoms with Crippen LogP contribution in [0.3, 0.4) is 0 Å². The summed E-state index contributed by atoms with van der Waals surface area (Å²) in [5.74, 6) is -0.678. The summed E-state index contributed by atoms with van der Waals surface area (Å²) in [6, 6.07) is 9.43. The monoisotopic (exact) mass is 301 g/mol. The number of benzene rings is 1. The van der Waals surface area contributed by atoms with E-state index in [2.05, 4.69) is 0 Å². The molecule has 1 aromatic rings. The number of nitrogens with one attached hydrogen (secondary N) is 1. The van der Waals surface area contributed by atoms with Crippen molar-refractivity contribution >= 4 is 16.3 Å². The smallest absolute Gasteiger partial charge is 0.336 e. The molecule has 0 saturated carbocycles. The molecule has 112 valence electrons. The molecule has 0 unspecified atom stereocenters. The first-order chi connectivity index (χ1) is 9.48. The van der Waals surface area contributed by atoms with E-state index in [1.165, 1.54) is 7.05 Å². The van der Waals surface area contributed by atoms with Crippen LogP contribution in [0, 0.1) is 0 Å². The maximum atomic E-state index is 11.7. The van der Waals surface area contributed by atoms with Crippen LogP contribution in [0.25, 0.3) is 0 Å². The molecule has 0 aromatic heterocycles. The van der Waals surface area contributed by atoms with E-state index in [0.717, 1.165) is 5.56 Å². The highest BCUT2D eigenvalue weighted by atomic mass is 32.2. The molecule has 1 atom stereocenters. The summed E-state index contributed by atoms with van der Waals surface area (Å²) < 4.78 is 34.4. The molecule has 0 saturated heterocycles.